The average Bonchev–Trinajstić information content (AvgIpc) is 3.29. The number of imidazole rings is 1. The monoisotopic (exact) mass is 451 g/mol. The zero-order chi connectivity index (χ0) is 23.8. The SMILES string of the molecule is C#C.CCc1nc2c(-c3ccncc3)cccn2c1CNCc1ccc(N2CCCCC2)cc1. The van der Waals surface area contributed by atoms with Crippen LogP contribution in [-0.2, 0) is 19.5 Å². The van der Waals surface area contributed by atoms with Crippen molar-refractivity contribution >= 4 is 11.3 Å². The third-order valence-corrected chi connectivity index (χ3v) is 6.44. The van der Waals surface area contributed by atoms with Crippen molar-refractivity contribution in [3.05, 3.63) is 84.1 Å². The standard InChI is InChI=1S/C27H31N5.C2H2/c1-2-25-26(32-18-6-7-24(27(32)30-25)22-12-14-28-15-13-22)20-29-19-21-8-10-23(11-9-21)31-16-4-3-5-17-31;1-2/h6-15,18,29H,2-5,16-17,19-20H2,1H3;1-2H. The molecule has 174 valence electrons. The first-order chi connectivity index (χ1) is 16.8. The van der Waals surface area contributed by atoms with E-state index in [1.807, 2.05) is 24.5 Å². The van der Waals surface area contributed by atoms with Crippen LogP contribution in [0.15, 0.2) is 67.1 Å². The van der Waals surface area contributed by atoms with E-state index in [1.165, 1.54) is 49.3 Å². The number of hydrogen-bond donors (Lipinski definition) is 1. The zero-order valence-corrected chi connectivity index (χ0v) is 20.0. The van der Waals surface area contributed by atoms with Crippen molar-refractivity contribution in [2.45, 2.75) is 45.7 Å². The van der Waals surface area contributed by atoms with E-state index in [0.29, 0.717) is 0 Å². The number of rotatable bonds is 7. The van der Waals surface area contributed by atoms with Crippen LogP contribution in [0.2, 0.25) is 0 Å². The van der Waals surface area contributed by atoms with Crippen molar-refractivity contribution < 1.29 is 0 Å². The molecule has 0 atom stereocenters. The lowest BCUT2D eigenvalue weighted by Gasteiger charge is -2.28. The van der Waals surface area contributed by atoms with Gasteiger partial charge in [0.05, 0.1) is 11.4 Å². The Kier molecular flexibility index (Phi) is 7.95. The molecule has 4 aromatic rings. The molecule has 3 aromatic heterocycles. The third-order valence-electron chi connectivity index (χ3n) is 6.44. The van der Waals surface area contributed by atoms with Crippen molar-refractivity contribution in [3.8, 4) is 24.0 Å². The summed E-state index contributed by atoms with van der Waals surface area (Å²) >= 11 is 0. The molecule has 0 amide bonds. The van der Waals surface area contributed by atoms with E-state index >= 15 is 0 Å². The number of terminal acetylenes is 1. The Hall–Kier alpha value is -3.62. The molecule has 0 saturated carbocycles. The van der Waals surface area contributed by atoms with Crippen LogP contribution in [0.4, 0.5) is 5.69 Å². The van der Waals surface area contributed by atoms with Crippen molar-refractivity contribution in [3.63, 3.8) is 0 Å². The lowest BCUT2D eigenvalue weighted by atomic mass is 10.1. The second kappa shape index (κ2) is 11.5. The van der Waals surface area contributed by atoms with E-state index in [0.717, 1.165) is 42.0 Å². The Morgan fingerprint density at radius 3 is 2.35 bits per heavy atom. The molecule has 0 unspecified atom stereocenters. The van der Waals surface area contributed by atoms with Gasteiger partial charge < -0.3 is 14.6 Å². The molecule has 0 aliphatic carbocycles. The maximum absolute atomic E-state index is 4.99. The van der Waals surface area contributed by atoms with Crippen LogP contribution < -0.4 is 10.2 Å². The van der Waals surface area contributed by atoms with Gasteiger partial charge in [0.2, 0.25) is 0 Å². The molecule has 5 heteroatoms. The number of aromatic nitrogens is 3. The average molecular weight is 452 g/mol. The Morgan fingerprint density at radius 1 is 0.912 bits per heavy atom. The summed E-state index contributed by atoms with van der Waals surface area (Å²) in [4.78, 5) is 11.7. The second-order valence-corrected chi connectivity index (χ2v) is 8.53. The van der Waals surface area contributed by atoms with Gasteiger partial charge >= 0.3 is 0 Å². The highest BCUT2D eigenvalue weighted by Gasteiger charge is 2.14. The molecule has 34 heavy (non-hydrogen) atoms. The van der Waals surface area contributed by atoms with Gasteiger partial charge in [0, 0.05) is 56.0 Å². The van der Waals surface area contributed by atoms with Gasteiger partial charge in [-0.15, -0.1) is 12.8 Å². The molecule has 1 saturated heterocycles. The molecule has 5 nitrogen and oxygen atoms in total. The first-order valence-electron chi connectivity index (χ1n) is 12.1. The summed E-state index contributed by atoms with van der Waals surface area (Å²) in [5, 5.41) is 3.64. The number of piperidine rings is 1. The van der Waals surface area contributed by atoms with Crippen molar-refractivity contribution in [1.29, 1.82) is 0 Å². The highest BCUT2D eigenvalue weighted by Crippen LogP contribution is 2.26. The number of benzene rings is 1. The molecular weight excluding hydrogens is 418 g/mol. The normalized spacial score (nSPS) is 13.4. The number of anilines is 1. The largest absolute Gasteiger partial charge is 0.372 e. The van der Waals surface area contributed by atoms with Crippen LogP contribution >= 0.6 is 0 Å². The summed E-state index contributed by atoms with van der Waals surface area (Å²) < 4.78 is 2.24. The summed E-state index contributed by atoms with van der Waals surface area (Å²) in [5.74, 6) is 0. The highest BCUT2D eigenvalue weighted by atomic mass is 15.1. The molecule has 0 bridgehead atoms. The summed E-state index contributed by atoms with van der Waals surface area (Å²) in [5.41, 5.74) is 8.36. The minimum Gasteiger partial charge on any atom is -0.372 e. The number of aryl methyl sites for hydroxylation is 1. The molecule has 0 spiro atoms. The fourth-order valence-electron chi connectivity index (χ4n) is 4.69. The van der Waals surface area contributed by atoms with Gasteiger partial charge in [0.15, 0.2) is 0 Å². The molecule has 1 aliphatic rings. The van der Waals surface area contributed by atoms with E-state index in [1.54, 1.807) is 0 Å². The van der Waals surface area contributed by atoms with Gasteiger partial charge in [-0.25, -0.2) is 4.98 Å². The predicted octanol–water partition coefficient (Wildman–Crippen LogP) is 5.49. The lowest BCUT2D eigenvalue weighted by molar-refractivity contribution is 0.577. The summed E-state index contributed by atoms with van der Waals surface area (Å²) in [6.07, 6.45) is 18.7. The molecule has 0 radical (unpaired) electrons. The maximum atomic E-state index is 4.99. The second-order valence-electron chi connectivity index (χ2n) is 8.53. The quantitative estimate of drug-likeness (QED) is 0.378. The fraction of sp³-hybridized carbons (Fsp3) is 0.310. The number of nitrogens with one attached hydrogen (secondary N) is 1. The Labute approximate surface area is 202 Å². The fourth-order valence-corrected chi connectivity index (χ4v) is 4.69. The van der Waals surface area contributed by atoms with E-state index in [4.69, 9.17) is 4.98 Å². The van der Waals surface area contributed by atoms with Crippen LogP contribution in [-0.4, -0.2) is 27.5 Å². The van der Waals surface area contributed by atoms with Crippen LogP contribution in [0.3, 0.4) is 0 Å². The van der Waals surface area contributed by atoms with E-state index in [2.05, 4.69) is 82.0 Å². The molecule has 1 N–H and O–H groups in total. The minimum absolute atomic E-state index is 0.790. The van der Waals surface area contributed by atoms with Crippen molar-refractivity contribution in [2.75, 3.05) is 18.0 Å². The number of fused-ring (bicyclic) bond motifs is 1. The Morgan fingerprint density at radius 2 is 1.65 bits per heavy atom. The summed E-state index contributed by atoms with van der Waals surface area (Å²) in [6, 6.07) is 17.4. The first-order valence-corrected chi connectivity index (χ1v) is 12.1. The van der Waals surface area contributed by atoms with E-state index in [9.17, 15) is 0 Å². The lowest BCUT2D eigenvalue weighted by Crippen LogP contribution is -2.29. The van der Waals surface area contributed by atoms with Gasteiger partial charge in [-0.05, 0) is 73.2 Å². The molecule has 4 heterocycles. The van der Waals surface area contributed by atoms with Gasteiger partial charge in [-0.3, -0.25) is 4.98 Å². The van der Waals surface area contributed by atoms with Gasteiger partial charge in [0.25, 0.3) is 0 Å². The molecule has 5 rings (SSSR count). The van der Waals surface area contributed by atoms with Gasteiger partial charge in [0.1, 0.15) is 5.65 Å². The van der Waals surface area contributed by atoms with Crippen LogP contribution in [0, 0.1) is 12.8 Å². The predicted molar refractivity (Wildman–Crippen MR) is 141 cm³/mol. The smallest absolute Gasteiger partial charge is 0.145 e. The first kappa shape index (κ1) is 23.5. The molecule has 1 fully saturated rings. The number of pyridine rings is 2. The number of hydrogen-bond acceptors (Lipinski definition) is 4. The topological polar surface area (TPSA) is 45.5 Å². The summed E-state index contributed by atoms with van der Waals surface area (Å²) in [6.45, 7) is 6.19. The Bertz CT molecular complexity index is 1200. The highest BCUT2D eigenvalue weighted by molar-refractivity contribution is 5.77. The maximum Gasteiger partial charge on any atom is 0.145 e. The zero-order valence-electron chi connectivity index (χ0n) is 20.0. The molecular formula is C29H33N5. The van der Waals surface area contributed by atoms with Gasteiger partial charge in [-0.2, -0.15) is 0 Å². The van der Waals surface area contributed by atoms with E-state index in [-0.39, 0.29) is 0 Å². The van der Waals surface area contributed by atoms with Crippen molar-refractivity contribution in [2.24, 2.45) is 0 Å². The van der Waals surface area contributed by atoms with Crippen molar-refractivity contribution in [1.82, 2.24) is 19.7 Å². The minimum atomic E-state index is 0.790. The molecule has 1 aromatic carbocycles. The van der Waals surface area contributed by atoms with Crippen LogP contribution in [0.5, 0.6) is 0 Å². The number of nitrogens with zero attached hydrogens (tertiary/aromatic N) is 4. The Balaban J connectivity index is 0.00000133. The van der Waals surface area contributed by atoms with Crippen LogP contribution in [0.1, 0.15) is 43.1 Å². The molecule has 1 aliphatic heterocycles. The van der Waals surface area contributed by atoms with Crippen LogP contribution in [0.25, 0.3) is 16.8 Å². The third kappa shape index (κ3) is 5.13. The summed E-state index contributed by atoms with van der Waals surface area (Å²) in [7, 11) is 0. The van der Waals surface area contributed by atoms with E-state index < -0.39 is 0 Å². The van der Waals surface area contributed by atoms with Gasteiger partial charge in [-0.1, -0.05) is 19.1 Å².